The fourth-order valence-corrected chi connectivity index (χ4v) is 3.50. The number of carbonyl (C=O) groups excluding carboxylic acids is 1. The zero-order valence-electron chi connectivity index (χ0n) is 14.3. The lowest BCUT2D eigenvalue weighted by molar-refractivity contribution is -0.129. The second kappa shape index (κ2) is 7.35. The lowest BCUT2D eigenvalue weighted by Crippen LogP contribution is -2.41. The molecule has 1 amide bonds. The maximum absolute atomic E-state index is 11.2. The van der Waals surface area contributed by atoms with Gasteiger partial charge in [-0.25, -0.2) is 0 Å². The maximum Gasteiger partial charge on any atom is 0.219 e. The lowest BCUT2D eigenvalue weighted by Gasteiger charge is -2.37. The highest BCUT2D eigenvalue weighted by Gasteiger charge is 2.32. The summed E-state index contributed by atoms with van der Waals surface area (Å²) >= 11 is 0. The molecule has 1 aromatic rings. The van der Waals surface area contributed by atoms with E-state index in [1.165, 1.54) is 31.5 Å². The molecule has 2 aliphatic rings. The van der Waals surface area contributed by atoms with Gasteiger partial charge in [-0.2, -0.15) is 0 Å². The van der Waals surface area contributed by atoms with E-state index in [9.17, 15) is 4.79 Å². The van der Waals surface area contributed by atoms with Crippen molar-refractivity contribution in [3.8, 4) is 5.75 Å². The van der Waals surface area contributed by atoms with Gasteiger partial charge >= 0.3 is 0 Å². The standard InChI is InChI=1S/C19H28N2O2/c1-15(22)20(2)13-17-11-19(12-17)23-18-7-5-16(6-8-18)14-21-9-3-4-10-21/h5-8,17,19H,3-4,9-14H2,1-2H3. The first kappa shape index (κ1) is 16.3. The van der Waals surface area contributed by atoms with Crippen LogP contribution < -0.4 is 4.74 Å². The van der Waals surface area contributed by atoms with Crippen molar-refractivity contribution < 1.29 is 9.53 Å². The number of hydrogen-bond donors (Lipinski definition) is 0. The summed E-state index contributed by atoms with van der Waals surface area (Å²) in [5.41, 5.74) is 1.37. The molecule has 126 valence electrons. The Kier molecular flexibility index (Phi) is 5.21. The molecule has 2 fully saturated rings. The van der Waals surface area contributed by atoms with Crippen LogP contribution in [0.3, 0.4) is 0 Å². The van der Waals surface area contributed by atoms with Gasteiger partial charge in [0.05, 0.1) is 6.10 Å². The molecule has 0 aromatic heterocycles. The zero-order valence-corrected chi connectivity index (χ0v) is 14.3. The summed E-state index contributed by atoms with van der Waals surface area (Å²) in [4.78, 5) is 15.6. The van der Waals surface area contributed by atoms with Crippen LogP contribution in [0, 0.1) is 5.92 Å². The molecule has 0 N–H and O–H groups in total. The summed E-state index contributed by atoms with van der Waals surface area (Å²) in [6.07, 6.45) is 5.08. The van der Waals surface area contributed by atoms with Crippen molar-refractivity contribution in [1.82, 2.24) is 9.80 Å². The van der Waals surface area contributed by atoms with Crippen LogP contribution in [0.5, 0.6) is 5.75 Å². The predicted molar refractivity (Wildman–Crippen MR) is 91.4 cm³/mol. The normalized spacial score (nSPS) is 24.3. The Hall–Kier alpha value is -1.55. The second-order valence-corrected chi connectivity index (χ2v) is 7.10. The molecule has 3 rings (SSSR count). The number of benzene rings is 1. The molecule has 4 nitrogen and oxygen atoms in total. The monoisotopic (exact) mass is 316 g/mol. The molecule has 0 spiro atoms. The van der Waals surface area contributed by atoms with Crippen molar-refractivity contribution in [3.05, 3.63) is 29.8 Å². The van der Waals surface area contributed by atoms with E-state index in [4.69, 9.17) is 4.74 Å². The number of hydrogen-bond acceptors (Lipinski definition) is 3. The van der Waals surface area contributed by atoms with Gasteiger partial charge in [0, 0.05) is 27.1 Å². The number of ether oxygens (including phenoxy) is 1. The largest absolute Gasteiger partial charge is 0.490 e. The molecule has 1 aliphatic carbocycles. The Morgan fingerprint density at radius 1 is 1.22 bits per heavy atom. The van der Waals surface area contributed by atoms with Crippen molar-refractivity contribution in [3.63, 3.8) is 0 Å². The number of nitrogens with zero attached hydrogens (tertiary/aromatic N) is 2. The average molecular weight is 316 g/mol. The van der Waals surface area contributed by atoms with E-state index >= 15 is 0 Å². The van der Waals surface area contributed by atoms with Crippen molar-refractivity contribution >= 4 is 5.91 Å². The van der Waals surface area contributed by atoms with Gasteiger partial charge < -0.3 is 9.64 Å². The van der Waals surface area contributed by atoms with Crippen molar-refractivity contribution in [1.29, 1.82) is 0 Å². The molecule has 0 radical (unpaired) electrons. The number of likely N-dealkylation sites (tertiary alicyclic amines) is 1. The smallest absolute Gasteiger partial charge is 0.219 e. The highest BCUT2D eigenvalue weighted by atomic mass is 16.5. The van der Waals surface area contributed by atoms with E-state index in [0.717, 1.165) is 31.7 Å². The Labute approximate surface area is 139 Å². The van der Waals surface area contributed by atoms with Crippen LogP contribution in [0.1, 0.15) is 38.2 Å². The second-order valence-electron chi connectivity index (χ2n) is 7.10. The highest BCUT2D eigenvalue weighted by molar-refractivity contribution is 5.72. The fraction of sp³-hybridized carbons (Fsp3) is 0.632. The number of carbonyl (C=O) groups is 1. The first-order valence-corrected chi connectivity index (χ1v) is 8.80. The third-order valence-electron chi connectivity index (χ3n) is 5.09. The van der Waals surface area contributed by atoms with Crippen molar-refractivity contribution in [2.45, 2.75) is 45.3 Å². The maximum atomic E-state index is 11.2. The van der Waals surface area contributed by atoms with E-state index in [0.29, 0.717) is 12.0 Å². The zero-order chi connectivity index (χ0) is 16.2. The summed E-state index contributed by atoms with van der Waals surface area (Å²) in [5, 5.41) is 0. The van der Waals surface area contributed by atoms with Crippen molar-refractivity contribution in [2.75, 3.05) is 26.7 Å². The van der Waals surface area contributed by atoms with Crippen LogP contribution in [-0.2, 0) is 11.3 Å². The molecule has 1 saturated heterocycles. The topological polar surface area (TPSA) is 32.8 Å². The fourth-order valence-electron chi connectivity index (χ4n) is 3.50. The third-order valence-corrected chi connectivity index (χ3v) is 5.09. The molecular formula is C19H28N2O2. The summed E-state index contributed by atoms with van der Waals surface area (Å²) in [6, 6.07) is 8.57. The van der Waals surface area contributed by atoms with Gasteiger partial charge in [0.25, 0.3) is 0 Å². The Morgan fingerprint density at radius 2 is 1.87 bits per heavy atom. The van der Waals surface area contributed by atoms with Gasteiger partial charge in [-0.1, -0.05) is 12.1 Å². The van der Waals surface area contributed by atoms with E-state index in [1.54, 1.807) is 11.8 Å². The molecule has 1 aliphatic heterocycles. The quantitative estimate of drug-likeness (QED) is 0.809. The first-order chi connectivity index (χ1) is 11.1. The van der Waals surface area contributed by atoms with E-state index in [2.05, 4.69) is 29.2 Å². The molecule has 1 heterocycles. The van der Waals surface area contributed by atoms with Crippen LogP contribution in [-0.4, -0.2) is 48.5 Å². The first-order valence-electron chi connectivity index (χ1n) is 8.80. The molecular weight excluding hydrogens is 288 g/mol. The summed E-state index contributed by atoms with van der Waals surface area (Å²) in [6.45, 7) is 6.00. The highest BCUT2D eigenvalue weighted by Crippen LogP contribution is 2.32. The van der Waals surface area contributed by atoms with E-state index in [-0.39, 0.29) is 5.91 Å². The van der Waals surface area contributed by atoms with Gasteiger partial charge in [-0.3, -0.25) is 9.69 Å². The lowest BCUT2D eigenvalue weighted by atomic mass is 9.82. The molecule has 0 unspecified atom stereocenters. The minimum Gasteiger partial charge on any atom is -0.490 e. The van der Waals surface area contributed by atoms with Gasteiger partial charge in [0.15, 0.2) is 0 Å². The van der Waals surface area contributed by atoms with Crippen LogP contribution in [0.25, 0.3) is 0 Å². The van der Waals surface area contributed by atoms with E-state index < -0.39 is 0 Å². The molecule has 0 bridgehead atoms. The number of amides is 1. The Bertz CT molecular complexity index is 517. The molecule has 1 aromatic carbocycles. The molecule has 4 heteroatoms. The van der Waals surface area contributed by atoms with Gasteiger partial charge in [-0.15, -0.1) is 0 Å². The summed E-state index contributed by atoms with van der Waals surface area (Å²) in [5.74, 6) is 1.70. The van der Waals surface area contributed by atoms with E-state index in [1.807, 2.05) is 7.05 Å². The van der Waals surface area contributed by atoms with Gasteiger partial charge in [0.1, 0.15) is 5.75 Å². The van der Waals surface area contributed by atoms with Crippen molar-refractivity contribution in [2.24, 2.45) is 5.92 Å². The minimum absolute atomic E-state index is 0.142. The van der Waals surface area contributed by atoms with Crippen LogP contribution in [0.15, 0.2) is 24.3 Å². The van der Waals surface area contributed by atoms with Gasteiger partial charge in [-0.05, 0) is 62.4 Å². The molecule has 23 heavy (non-hydrogen) atoms. The van der Waals surface area contributed by atoms with Gasteiger partial charge in [0.2, 0.25) is 5.91 Å². The third kappa shape index (κ3) is 4.47. The minimum atomic E-state index is 0.142. The SMILES string of the molecule is CC(=O)N(C)CC1CC(Oc2ccc(CN3CCCC3)cc2)C1. The molecule has 0 atom stereocenters. The van der Waals surface area contributed by atoms with Crippen LogP contribution in [0.2, 0.25) is 0 Å². The Morgan fingerprint density at radius 3 is 2.48 bits per heavy atom. The molecule has 1 saturated carbocycles. The van der Waals surface area contributed by atoms with Crippen LogP contribution >= 0.6 is 0 Å². The number of rotatable bonds is 6. The van der Waals surface area contributed by atoms with Crippen LogP contribution in [0.4, 0.5) is 0 Å². The summed E-state index contributed by atoms with van der Waals surface area (Å²) in [7, 11) is 1.87. The average Bonchev–Trinajstić information content (AvgIpc) is 2.99. The summed E-state index contributed by atoms with van der Waals surface area (Å²) < 4.78 is 6.03. The predicted octanol–water partition coefficient (Wildman–Crippen LogP) is 2.92. The Balaban J connectivity index is 1.40.